The van der Waals surface area contributed by atoms with Crippen molar-refractivity contribution in [1.82, 2.24) is 5.32 Å². The summed E-state index contributed by atoms with van der Waals surface area (Å²) >= 11 is 0. The first kappa shape index (κ1) is 14.8. The van der Waals surface area contributed by atoms with Crippen LogP contribution in [0.5, 0.6) is 11.5 Å². The Bertz CT molecular complexity index is 581. The zero-order chi connectivity index (χ0) is 15.1. The number of amides is 1. The number of nitrogens with one attached hydrogen (secondary N) is 1. The van der Waals surface area contributed by atoms with E-state index in [0.29, 0.717) is 19.6 Å². The minimum atomic E-state index is -0.743. The van der Waals surface area contributed by atoms with Crippen molar-refractivity contribution in [3.8, 4) is 11.5 Å². The molecule has 2 aromatic rings. The number of hydrogen-bond acceptors (Lipinski definition) is 3. The smallest absolute Gasteiger partial charge is 0.258 e. The van der Waals surface area contributed by atoms with Gasteiger partial charge < -0.3 is 15.2 Å². The van der Waals surface area contributed by atoms with Gasteiger partial charge in [-0.15, -0.1) is 0 Å². The lowest BCUT2D eigenvalue weighted by Gasteiger charge is -2.08. The molecule has 0 saturated heterocycles. The third-order valence-corrected chi connectivity index (χ3v) is 2.84. The molecule has 0 bridgehead atoms. The van der Waals surface area contributed by atoms with Gasteiger partial charge in [0.25, 0.3) is 5.91 Å². The number of aromatic hydroxyl groups is 1. The van der Waals surface area contributed by atoms with Gasteiger partial charge in [0.05, 0.1) is 6.61 Å². The molecule has 1 amide bonds. The molecule has 0 aliphatic heterocycles. The van der Waals surface area contributed by atoms with E-state index < -0.39 is 11.7 Å². The molecular formula is C16H16FNO3. The van der Waals surface area contributed by atoms with E-state index in [2.05, 4.69) is 5.32 Å². The van der Waals surface area contributed by atoms with Gasteiger partial charge in [-0.2, -0.15) is 0 Å². The third kappa shape index (κ3) is 4.21. The van der Waals surface area contributed by atoms with Crippen molar-refractivity contribution in [3.63, 3.8) is 0 Å². The molecule has 0 unspecified atom stereocenters. The van der Waals surface area contributed by atoms with Crippen LogP contribution in [0.15, 0.2) is 48.5 Å². The zero-order valence-corrected chi connectivity index (χ0v) is 11.4. The molecule has 2 aromatic carbocycles. The monoisotopic (exact) mass is 289 g/mol. The molecule has 0 radical (unpaired) electrons. The van der Waals surface area contributed by atoms with Crippen LogP contribution >= 0.6 is 0 Å². The predicted molar refractivity (Wildman–Crippen MR) is 77.0 cm³/mol. The molecule has 0 aliphatic rings. The number of phenolic OH excluding ortho intramolecular Hbond substituents is 1. The summed E-state index contributed by atoms with van der Waals surface area (Å²) in [4.78, 5) is 11.8. The van der Waals surface area contributed by atoms with Gasteiger partial charge in [-0.05, 0) is 30.7 Å². The largest absolute Gasteiger partial charge is 0.507 e. The minimum Gasteiger partial charge on any atom is -0.507 e. The summed E-state index contributed by atoms with van der Waals surface area (Å²) in [5.41, 5.74) is -0.332. The summed E-state index contributed by atoms with van der Waals surface area (Å²) < 4.78 is 18.9. The van der Waals surface area contributed by atoms with Crippen LogP contribution in [0, 0.1) is 5.82 Å². The van der Waals surface area contributed by atoms with Crippen molar-refractivity contribution in [2.75, 3.05) is 13.2 Å². The van der Waals surface area contributed by atoms with E-state index in [1.54, 1.807) is 0 Å². The Labute approximate surface area is 122 Å². The van der Waals surface area contributed by atoms with Crippen molar-refractivity contribution >= 4 is 5.91 Å². The van der Waals surface area contributed by atoms with Crippen LogP contribution in [0.1, 0.15) is 16.8 Å². The van der Waals surface area contributed by atoms with E-state index in [1.165, 1.54) is 12.1 Å². The van der Waals surface area contributed by atoms with Crippen molar-refractivity contribution in [3.05, 3.63) is 59.9 Å². The van der Waals surface area contributed by atoms with Crippen LogP contribution in [0.2, 0.25) is 0 Å². The number of carbonyl (C=O) groups is 1. The normalized spacial score (nSPS) is 10.1. The number of halogens is 1. The quantitative estimate of drug-likeness (QED) is 0.804. The zero-order valence-electron chi connectivity index (χ0n) is 11.4. The summed E-state index contributed by atoms with van der Waals surface area (Å²) in [6.07, 6.45) is 0.579. The summed E-state index contributed by atoms with van der Waals surface area (Å²) in [5, 5.41) is 12.0. The Morgan fingerprint density at radius 1 is 1.14 bits per heavy atom. The topological polar surface area (TPSA) is 58.6 Å². The first-order valence-corrected chi connectivity index (χ1v) is 6.62. The summed E-state index contributed by atoms with van der Waals surface area (Å²) in [5.74, 6) is -0.984. The summed E-state index contributed by atoms with van der Waals surface area (Å²) in [6, 6.07) is 13.1. The van der Waals surface area contributed by atoms with Gasteiger partial charge in [-0.3, -0.25) is 4.79 Å². The Balaban J connectivity index is 1.75. The lowest BCUT2D eigenvalue weighted by Crippen LogP contribution is -2.26. The molecule has 2 N–H and O–H groups in total. The van der Waals surface area contributed by atoms with Gasteiger partial charge in [0, 0.05) is 6.54 Å². The predicted octanol–water partition coefficient (Wildman–Crippen LogP) is 2.73. The highest BCUT2D eigenvalue weighted by atomic mass is 19.1. The number of ether oxygens (including phenoxy) is 1. The fourth-order valence-corrected chi connectivity index (χ4v) is 1.81. The maximum atomic E-state index is 13.5. The maximum absolute atomic E-state index is 13.5. The van der Waals surface area contributed by atoms with Crippen molar-refractivity contribution in [2.24, 2.45) is 0 Å². The molecule has 0 saturated carbocycles. The molecule has 4 nitrogen and oxygen atoms in total. The molecule has 0 heterocycles. The Morgan fingerprint density at radius 2 is 1.90 bits per heavy atom. The first-order chi connectivity index (χ1) is 10.2. The second-order valence-corrected chi connectivity index (χ2v) is 4.40. The number of carbonyl (C=O) groups excluding carboxylic acids is 1. The van der Waals surface area contributed by atoms with Crippen molar-refractivity contribution < 1.29 is 19.0 Å². The molecule has 0 aromatic heterocycles. The average Bonchev–Trinajstić information content (AvgIpc) is 2.48. The second-order valence-electron chi connectivity index (χ2n) is 4.40. The average molecular weight is 289 g/mol. The third-order valence-electron chi connectivity index (χ3n) is 2.84. The first-order valence-electron chi connectivity index (χ1n) is 6.62. The van der Waals surface area contributed by atoms with E-state index in [1.807, 2.05) is 30.3 Å². The van der Waals surface area contributed by atoms with E-state index >= 15 is 0 Å². The molecule has 5 heteroatoms. The Morgan fingerprint density at radius 3 is 2.62 bits per heavy atom. The lowest BCUT2D eigenvalue weighted by molar-refractivity contribution is 0.0944. The fraction of sp³-hybridized carbons (Fsp3) is 0.188. The van der Waals surface area contributed by atoms with Gasteiger partial charge in [-0.1, -0.05) is 24.3 Å². The molecular weight excluding hydrogens is 273 g/mol. The van der Waals surface area contributed by atoms with Crippen molar-refractivity contribution in [2.45, 2.75) is 6.42 Å². The van der Waals surface area contributed by atoms with Crippen LogP contribution in [-0.4, -0.2) is 24.2 Å². The van der Waals surface area contributed by atoms with Crippen LogP contribution in [0.4, 0.5) is 4.39 Å². The van der Waals surface area contributed by atoms with Gasteiger partial charge in [0.15, 0.2) is 0 Å². The Kier molecular flexibility index (Phi) is 5.15. The molecule has 0 spiro atoms. The number of phenols is 1. The second kappa shape index (κ2) is 7.28. The SMILES string of the molecule is O=C(NCCCOc1ccccc1)c1c(O)cccc1F. The van der Waals surface area contributed by atoms with Crippen LogP contribution in [-0.2, 0) is 0 Å². The number of hydrogen-bond donors (Lipinski definition) is 2. The van der Waals surface area contributed by atoms with Gasteiger partial charge in [0.2, 0.25) is 0 Å². The van der Waals surface area contributed by atoms with Crippen LogP contribution in [0.25, 0.3) is 0 Å². The lowest BCUT2D eigenvalue weighted by atomic mass is 10.1. The number of para-hydroxylation sites is 1. The number of rotatable bonds is 6. The molecule has 110 valence electrons. The molecule has 2 rings (SSSR count). The maximum Gasteiger partial charge on any atom is 0.258 e. The molecule has 21 heavy (non-hydrogen) atoms. The van der Waals surface area contributed by atoms with Crippen LogP contribution in [0.3, 0.4) is 0 Å². The van der Waals surface area contributed by atoms with Gasteiger partial charge in [-0.25, -0.2) is 4.39 Å². The van der Waals surface area contributed by atoms with E-state index in [4.69, 9.17) is 4.74 Å². The summed E-state index contributed by atoms with van der Waals surface area (Å²) in [7, 11) is 0. The minimum absolute atomic E-state index is 0.332. The van der Waals surface area contributed by atoms with E-state index in [0.717, 1.165) is 11.8 Å². The number of benzene rings is 2. The van der Waals surface area contributed by atoms with Crippen LogP contribution < -0.4 is 10.1 Å². The standard InChI is InChI=1S/C16H16FNO3/c17-13-8-4-9-14(19)15(13)16(20)18-10-5-11-21-12-6-2-1-3-7-12/h1-4,6-9,19H,5,10-11H2,(H,18,20). The summed E-state index contributed by atoms with van der Waals surface area (Å²) in [6.45, 7) is 0.771. The fourth-order valence-electron chi connectivity index (χ4n) is 1.81. The van der Waals surface area contributed by atoms with Gasteiger partial charge >= 0.3 is 0 Å². The molecule has 0 atom stereocenters. The van der Waals surface area contributed by atoms with Crippen molar-refractivity contribution in [1.29, 1.82) is 0 Å². The van der Waals surface area contributed by atoms with Gasteiger partial charge in [0.1, 0.15) is 22.9 Å². The molecule has 0 aliphatic carbocycles. The van der Waals surface area contributed by atoms with E-state index in [9.17, 15) is 14.3 Å². The molecule has 0 fully saturated rings. The van der Waals surface area contributed by atoms with E-state index in [-0.39, 0.29) is 11.3 Å². The highest BCUT2D eigenvalue weighted by molar-refractivity contribution is 5.97. The highest BCUT2D eigenvalue weighted by Crippen LogP contribution is 2.19. The highest BCUT2D eigenvalue weighted by Gasteiger charge is 2.15. The Hall–Kier alpha value is -2.56.